The van der Waals surface area contributed by atoms with Crippen LogP contribution in [0.15, 0.2) is 30.3 Å². The maximum absolute atomic E-state index is 11.2. The number of hydrogen-bond donors (Lipinski definition) is 1. The number of hydrogen-bond acceptors (Lipinski definition) is 2. The highest BCUT2D eigenvalue weighted by atomic mass is 16.4. The van der Waals surface area contributed by atoms with Gasteiger partial charge in [-0.25, -0.2) is 0 Å². The minimum atomic E-state index is -0.605. The third-order valence-electron chi connectivity index (χ3n) is 4.50. The van der Waals surface area contributed by atoms with Crippen molar-refractivity contribution in [1.82, 2.24) is 4.90 Å². The van der Waals surface area contributed by atoms with Crippen LogP contribution in [-0.4, -0.2) is 34.6 Å². The average Bonchev–Trinajstić information content (AvgIpc) is 2.94. The Morgan fingerprint density at radius 1 is 1.28 bits per heavy atom. The molecule has 2 bridgehead atoms. The van der Waals surface area contributed by atoms with Crippen molar-refractivity contribution in [3.8, 4) is 0 Å². The van der Waals surface area contributed by atoms with Gasteiger partial charge >= 0.3 is 5.97 Å². The second-order valence-electron chi connectivity index (χ2n) is 5.45. The van der Waals surface area contributed by atoms with E-state index in [2.05, 4.69) is 29.2 Å². The van der Waals surface area contributed by atoms with Gasteiger partial charge < -0.3 is 5.11 Å². The Morgan fingerprint density at radius 2 is 2.06 bits per heavy atom. The first-order chi connectivity index (χ1) is 8.75. The van der Waals surface area contributed by atoms with Crippen LogP contribution in [0.1, 0.15) is 24.8 Å². The van der Waals surface area contributed by atoms with Crippen LogP contribution in [0.5, 0.6) is 0 Å². The van der Waals surface area contributed by atoms with Crippen LogP contribution in [0.3, 0.4) is 0 Å². The summed E-state index contributed by atoms with van der Waals surface area (Å²) in [5, 5.41) is 9.21. The molecule has 1 aromatic rings. The van der Waals surface area contributed by atoms with Crippen molar-refractivity contribution in [3.05, 3.63) is 35.9 Å². The van der Waals surface area contributed by atoms with Gasteiger partial charge in [0.05, 0.1) is 5.92 Å². The maximum atomic E-state index is 11.2. The molecule has 3 rings (SSSR count). The molecule has 2 saturated heterocycles. The molecule has 0 aliphatic carbocycles. The SMILES string of the molecule is O=C(O)C1CC2CCC1N2CCc1ccccc1. The second kappa shape index (κ2) is 4.73. The zero-order chi connectivity index (χ0) is 12.5. The Kier molecular flexibility index (Phi) is 3.08. The quantitative estimate of drug-likeness (QED) is 0.883. The lowest BCUT2D eigenvalue weighted by molar-refractivity contribution is -0.142. The molecule has 0 aromatic heterocycles. The predicted octanol–water partition coefficient (Wildman–Crippen LogP) is 2.17. The highest BCUT2D eigenvalue weighted by molar-refractivity contribution is 5.71. The predicted molar refractivity (Wildman–Crippen MR) is 69.4 cm³/mol. The van der Waals surface area contributed by atoms with Crippen LogP contribution in [-0.2, 0) is 11.2 Å². The molecule has 1 aromatic carbocycles. The summed E-state index contributed by atoms with van der Waals surface area (Å²) in [5.41, 5.74) is 1.34. The Hall–Kier alpha value is -1.35. The molecule has 2 aliphatic rings. The molecule has 0 radical (unpaired) electrons. The van der Waals surface area contributed by atoms with Crippen molar-refractivity contribution >= 4 is 5.97 Å². The van der Waals surface area contributed by atoms with E-state index in [-0.39, 0.29) is 12.0 Å². The molecule has 1 N–H and O–H groups in total. The van der Waals surface area contributed by atoms with Gasteiger partial charge in [-0.1, -0.05) is 30.3 Å². The van der Waals surface area contributed by atoms with Crippen LogP contribution < -0.4 is 0 Å². The Morgan fingerprint density at radius 3 is 2.72 bits per heavy atom. The molecule has 3 unspecified atom stereocenters. The highest BCUT2D eigenvalue weighted by Crippen LogP contribution is 2.41. The first-order valence-corrected chi connectivity index (χ1v) is 6.78. The topological polar surface area (TPSA) is 40.5 Å². The van der Waals surface area contributed by atoms with Crippen LogP contribution in [0.4, 0.5) is 0 Å². The van der Waals surface area contributed by atoms with Crippen molar-refractivity contribution in [2.45, 2.75) is 37.8 Å². The van der Waals surface area contributed by atoms with Crippen molar-refractivity contribution < 1.29 is 9.90 Å². The number of carboxylic acid groups (broad SMARTS) is 1. The van der Waals surface area contributed by atoms with E-state index in [0.29, 0.717) is 6.04 Å². The van der Waals surface area contributed by atoms with Crippen molar-refractivity contribution in [2.75, 3.05) is 6.54 Å². The average molecular weight is 245 g/mol. The van der Waals surface area contributed by atoms with Gasteiger partial charge in [-0.2, -0.15) is 0 Å². The molecule has 2 aliphatic heterocycles. The number of carboxylic acids is 1. The summed E-state index contributed by atoms with van der Waals surface area (Å²) in [6, 6.07) is 11.3. The summed E-state index contributed by atoms with van der Waals surface area (Å²) in [6.07, 6.45) is 4.13. The van der Waals surface area contributed by atoms with Crippen molar-refractivity contribution in [2.24, 2.45) is 5.92 Å². The molecule has 0 spiro atoms. The van der Waals surface area contributed by atoms with Gasteiger partial charge in [-0.05, 0) is 31.2 Å². The number of rotatable bonds is 4. The minimum absolute atomic E-state index is 0.125. The molecule has 2 heterocycles. The summed E-state index contributed by atoms with van der Waals surface area (Å²) < 4.78 is 0. The summed E-state index contributed by atoms with van der Waals surface area (Å²) in [4.78, 5) is 13.6. The van der Waals surface area contributed by atoms with E-state index >= 15 is 0 Å². The van der Waals surface area contributed by atoms with Crippen LogP contribution >= 0.6 is 0 Å². The molecule has 3 atom stereocenters. The second-order valence-corrected chi connectivity index (χ2v) is 5.45. The lowest BCUT2D eigenvalue weighted by Crippen LogP contribution is -2.34. The molecular formula is C15H19NO2. The zero-order valence-electron chi connectivity index (χ0n) is 10.5. The number of fused-ring (bicyclic) bond motifs is 2. The van der Waals surface area contributed by atoms with E-state index in [0.717, 1.165) is 25.8 Å². The number of benzene rings is 1. The van der Waals surface area contributed by atoms with Gasteiger partial charge in [0.1, 0.15) is 0 Å². The van der Waals surface area contributed by atoms with E-state index < -0.39 is 5.97 Å². The molecule has 0 amide bonds. The Bertz CT molecular complexity index is 431. The van der Waals surface area contributed by atoms with E-state index in [1.165, 1.54) is 12.0 Å². The highest BCUT2D eigenvalue weighted by Gasteiger charge is 2.48. The molecular weight excluding hydrogens is 226 g/mol. The first-order valence-electron chi connectivity index (χ1n) is 6.78. The van der Waals surface area contributed by atoms with Gasteiger partial charge in [0, 0.05) is 18.6 Å². The fourth-order valence-electron chi connectivity index (χ4n) is 3.62. The molecule has 3 nitrogen and oxygen atoms in total. The normalized spacial score (nSPS) is 30.8. The van der Waals surface area contributed by atoms with Gasteiger partial charge in [0.25, 0.3) is 0 Å². The van der Waals surface area contributed by atoms with Gasteiger partial charge in [0.15, 0.2) is 0 Å². The van der Waals surface area contributed by atoms with Gasteiger partial charge in [-0.15, -0.1) is 0 Å². The summed E-state index contributed by atoms with van der Waals surface area (Å²) in [7, 11) is 0. The summed E-state index contributed by atoms with van der Waals surface area (Å²) in [6.45, 7) is 1.00. The van der Waals surface area contributed by atoms with E-state index in [9.17, 15) is 9.90 Å². The van der Waals surface area contributed by atoms with E-state index in [1.807, 2.05) is 6.07 Å². The fraction of sp³-hybridized carbons (Fsp3) is 0.533. The Labute approximate surface area is 107 Å². The van der Waals surface area contributed by atoms with Gasteiger partial charge in [0.2, 0.25) is 0 Å². The van der Waals surface area contributed by atoms with Crippen LogP contribution in [0, 0.1) is 5.92 Å². The monoisotopic (exact) mass is 245 g/mol. The van der Waals surface area contributed by atoms with E-state index in [1.54, 1.807) is 0 Å². The molecule has 2 fully saturated rings. The smallest absolute Gasteiger partial charge is 0.308 e. The first kappa shape index (κ1) is 11.7. The van der Waals surface area contributed by atoms with Gasteiger partial charge in [-0.3, -0.25) is 9.69 Å². The zero-order valence-corrected chi connectivity index (χ0v) is 10.5. The summed E-state index contributed by atoms with van der Waals surface area (Å²) in [5.74, 6) is -0.730. The minimum Gasteiger partial charge on any atom is -0.481 e. The summed E-state index contributed by atoms with van der Waals surface area (Å²) >= 11 is 0. The van der Waals surface area contributed by atoms with Crippen molar-refractivity contribution in [3.63, 3.8) is 0 Å². The van der Waals surface area contributed by atoms with Crippen LogP contribution in [0.2, 0.25) is 0 Å². The van der Waals surface area contributed by atoms with E-state index in [4.69, 9.17) is 0 Å². The Balaban J connectivity index is 1.63. The molecule has 18 heavy (non-hydrogen) atoms. The molecule has 3 heteroatoms. The van der Waals surface area contributed by atoms with Crippen molar-refractivity contribution in [1.29, 1.82) is 0 Å². The number of aliphatic carboxylic acids is 1. The third-order valence-corrected chi connectivity index (χ3v) is 4.50. The molecule has 96 valence electrons. The maximum Gasteiger partial charge on any atom is 0.308 e. The fourth-order valence-corrected chi connectivity index (χ4v) is 3.62. The number of nitrogens with zero attached hydrogens (tertiary/aromatic N) is 1. The third kappa shape index (κ3) is 2.03. The number of carbonyl (C=O) groups is 1. The lowest BCUT2D eigenvalue weighted by Gasteiger charge is -2.22. The lowest BCUT2D eigenvalue weighted by atomic mass is 9.89. The van der Waals surface area contributed by atoms with Crippen LogP contribution in [0.25, 0.3) is 0 Å². The standard InChI is InChI=1S/C15H19NO2/c17-15(18)13-10-12-6-7-14(13)16(12)9-8-11-4-2-1-3-5-11/h1-5,12-14H,6-10H2,(H,17,18). The molecule has 0 saturated carbocycles. The largest absolute Gasteiger partial charge is 0.481 e.